The van der Waals surface area contributed by atoms with E-state index in [0.29, 0.717) is 0 Å². The molecule has 0 bridgehead atoms. The predicted molar refractivity (Wildman–Crippen MR) is 58.6 cm³/mol. The van der Waals surface area contributed by atoms with Gasteiger partial charge in [-0.2, -0.15) is 5.26 Å². The van der Waals surface area contributed by atoms with Gasteiger partial charge in [0.1, 0.15) is 5.60 Å². The molecule has 0 aromatic heterocycles. The predicted octanol–water partition coefficient (Wildman–Crippen LogP) is 1.89. The van der Waals surface area contributed by atoms with Crippen LogP contribution >= 0.6 is 0 Å². The molecule has 1 aromatic rings. The highest BCUT2D eigenvalue weighted by atomic mass is 16.6. The monoisotopic (exact) mass is 202 g/mol. The van der Waals surface area contributed by atoms with Crippen molar-refractivity contribution < 1.29 is 4.74 Å². The van der Waals surface area contributed by atoms with Crippen molar-refractivity contribution in [1.82, 2.24) is 0 Å². The van der Waals surface area contributed by atoms with E-state index in [1.54, 1.807) is 0 Å². The van der Waals surface area contributed by atoms with Gasteiger partial charge in [0.2, 0.25) is 0 Å². The van der Waals surface area contributed by atoms with E-state index in [1.165, 1.54) is 0 Å². The van der Waals surface area contributed by atoms with E-state index < -0.39 is 0 Å². The van der Waals surface area contributed by atoms with E-state index in [-0.39, 0.29) is 11.7 Å². The molecule has 0 N–H and O–H groups in total. The molecule has 0 radical (unpaired) electrons. The van der Waals surface area contributed by atoms with Crippen LogP contribution in [0.4, 0.5) is 5.69 Å². The van der Waals surface area contributed by atoms with E-state index >= 15 is 0 Å². The van der Waals surface area contributed by atoms with Crippen LogP contribution < -0.4 is 4.90 Å². The molecule has 2 unspecified atom stereocenters. The number of ether oxygens (including phenoxy) is 1. The second-order valence-corrected chi connectivity index (χ2v) is 4.18. The molecule has 2 atom stereocenters. The number of epoxide rings is 1. The summed E-state index contributed by atoms with van der Waals surface area (Å²) in [6.45, 7) is 1.95. The lowest BCUT2D eigenvalue weighted by Crippen LogP contribution is -2.10. The molecule has 78 valence electrons. The van der Waals surface area contributed by atoms with Gasteiger partial charge in [-0.1, -0.05) is 12.1 Å². The van der Waals surface area contributed by atoms with Gasteiger partial charge in [0.05, 0.1) is 6.07 Å². The maximum Gasteiger partial charge on any atom is 0.178 e. The van der Waals surface area contributed by atoms with Crippen LogP contribution in [0, 0.1) is 11.3 Å². The largest absolute Gasteiger partial charge is 0.378 e. The molecule has 1 aliphatic rings. The fraction of sp³-hybridized carbons (Fsp3) is 0.417. The Morgan fingerprint density at radius 1 is 1.33 bits per heavy atom. The Kier molecular flexibility index (Phi) is 2.17. The third-order valence-corrected chi connectivity index (χ3v) is 2.88. The van der Waals surface area contributed by atoms with E-state index in [1.807, 2.05) is 50.2 Å². The topological polar surface area (TPSA) is 39.6 Å². The fourth-order valence-corrected chi connectivity index (χ4v) is 1.67. The highest BCUT2D eigenvalue weighted by Gasteiger charge is 2.54. The zero-order valence-electron chi connectivity index (χ0n) is 9.19. The van der Waals surface area contributed by atoms with Gasteiger partial charge in [-0.15, -0.1) is 0 Å². The zero-order valence-corrected chi connectivity index (χ0v) is 9.19. The molecule has 0 aliphatic carbocycles. The molecule has 0 saturated carbocycles. The summed E-state index contributed by atoms with van der Waals surface area (Å²) >= 11 is 0. The van der Waals surface area contributed by atoms with E-state index in [2.05, 4.69) is 6.07 Å². The Morgan fingerprint density at radius 2 is 1.93 bits per heavy atom. The molecule has 0 amide bonds. The van der Waals surface area contributed by atoms with Crippen molar-refractivity contribution in [2.24, 2.45) is 0 Å². The molecule has 3 nitrogen and oxygen atoms in total. The molecule has 0 spiro atoms. The van der Waals surface area contributed by atoms with Crippen molar-refractivity contribution in [3.63, 3.8) is 0 Å². The molecule has 1 heterocycles. The van der Waals surface area contributed by atoms with Crippen molar-refractivity contribution in [1.29, 1.82) is 5.26 Å². The summed E-state index contributed by atoms with van der Waals surface area (Å²) in [5, 5.41) is 8.76. The zero-order chi connectivity index (χ0) is 11.1. The van der Waals surface area contributed by atoms with Crippen LogP contribution in [-0.2, 0) is 10.3 Å². The molecule has 1 saturated heterocycles. The Morgan fingerprint density at radius 3 is 2.33 bits per heavy atom. The summed E-state index contributed by atoms with van der Waals surface area (Å²) in [5.41, 5.74) is 1.83. The van der Waals surface area contributed by atoms with Crippen molar-refractivity contribution in [3.05, 3.63) is 29.8 Å². The van der Waals surface area contributed by atoms with Crippen LogP contribution in [0.5, 0.6) is 0 Å². The summed E-state index contributed by atoms with van der Waals surface area (Å²) < 4.78 is 5.37. The number of anilines is 1. The number of nitriles is 1. The third kappa shape index (κ3) is 1.57. The van der Waals surface area contributed by atoms with Gasteiger partial charge in [-0.25, -0.2) is 0 Å². The van der Waals surface area contributed by atoms with Gasteiger partial charge in [0.25, 0.3) is 0 Å². The van der Waals surface area contributed by atoms with Gasteiger partial charge in [-0.3, -0.25) is 0 Å². The molecule has 1 fully saturated rings. The summed E-state index contributed by atoms with van der Waals surface area (Å²) in [6, 6.07) is 10.3. The first-order chi connectivity index (χ1) is 7.08. The standard InChI is InChI=1S/C12H14N2O/c1-12(11(8-13)15-12)9-4-6-10(7-5-9)14(2)3/h4-7,11H,1-3H3. The summed E-state index contributed by atoms with van der Waals surface area (Å²) in [4.78, 5) is 2.04. The maximum absolute atomic E-state index is 8.76. The maximum atomic E-state index is 8.76. The molecular formula is C12H14N2O. The highest BCUT2D eigenvalue weighted by molar-refractivity contribution is 5.48. The van der Waals surface area contributed by atoms with Gasteiger partial charge in [0.15, 0.2) is 6.10 Å². The van der Waals surface area contributed by atoms with Crippen molar-refractivity contribution >= 4 is 5.69 Å². The van der Waals surface area contributed by atoms with Gasteiger partial charge in [-0.05, 0) is 24.6 Å². The second-order valence-electron chi connectivity index (χ2n) is 4.18. The lowest BCUT2D eigenvalue weighted by molar-refractivity contribution is 0.321. The lowest BCUT2D eigenvalue weighted by atomic mass is 9.98. The minimum absolute atomic E-state index is 0.289. The lowest BCUT2D eigenvalue weighted by Gasteiger charge is -2.13. The second kappa shape index (κ2) is 3.25. The SMILES string of the molecule is CN(C)c1ccc(C2(C)OC2C#N)cc1. The average molecular weight is 202 g/mol. The normalized spacial score (nSPS) is 28.3. The fourth-order valence-electron chi connectivity index (χ4n) is 1.67. The number of nitrogens with zero attached hydrogens (tertiary/aromatic N) is 2. The number of hydrogen-bond donors (Lipinski definition) is 0. The van der Waals surface area contributed by atoms with Crippen LogP contribution in [0.15, 0.2) is 24.3 Å². The van der Waals surface area contributed by atoms with Crippen LogP contribution in [0.1, 0.15) is 12.5 Å². The van der Waals surface area contributed by atoms with Gasteiger partial charge in [0, 0.05) is 19.8 Å². The van der Waals surface area contributed by atoms with E-state index in [9.17, 15) is 0 Å². The van der Waals surface area contributed by atoms with Gasteiger partial charge >= 0.3 is 0 Å². The Bertz CT molecular complexity index is 405. The minimum atomic E-state index is -0.389. The first-order valence-electron chi connectivity index (χ1n) is 4.93. The third-order valence-electron chi connectivity index (χ3n) is 2.88. The Labute approximate surface area is 89.9 Å². The number of benzene rings is 1. The first-order valence-corrected chi connectivity index (χ1v) is 4.93. The molecule has 1 aliphatic heterocycles. The van der Waals surface area contributed by atoms with Crippen LogP contribution in [-0.4, -0.2) is 20.2 Å². The summed E-state index contributed by atoms with van der Waals surface area (Å²) in [7, 11) is 4.00. The summed E-state index contributed by atoms with van der Waals surface area (Å²) in [6.07, 6.45) is -0.289. The molecular weight excluding hydrogens is 188 g/mol. The van der Waals surface area contributed by atoms with Crippen LogP contribution in [0.3, 0.4) is 0 Å². The van der Waals surface area contributed by atoms with E-state index in [4.69, 9.17) is 10.00 Å². The van der Waals surface area contributed by atoms with Crippen LogP contribution in [0.25, 0.3) is 0 Å². The minimum Gasteiger partial charge on any atom is -0.378 e. The molecule has 2 rings (SSSR count). The van der Waals surface area contributed by atoms with Crippen LogP contribution in [0.2, 0.25) is 0 Å². The van der Waals surface area contributed by atoms with Crippen molar-refractivity contribution in [2.45, 2.75) is 18.6 Å². The molecule has 15 heavy (non-hydrogen) atoms. The average Bonchev–Trinajstić information content (AvgIpc) is 2.91. The van der Waals surface area contributed by atoms with Crippen molar-refractivity contribution in [2.75, 3.05) is 19.0 Å². The Hall–Kier alpha value is -1.53. The molecule has 3 heteroatoms. The number of rotatable bonds is 2. The summed E-state index contributed by atoms with van der Waals surface area (Å²) in [5.74, 6) is 0. The molecule has 1 aromatic carbocycles. The quantitative estimate of drug-likeness (QED) is 0.687. The Balaban J connectivity index is 2.23. The van der Waals surface area contributed by atoms with Gasteiger partial charge < -0.3 is 9.64 Å². The van der Waals surface area contributed by atoms with Crippen molar-refractivity contribution in [3.8, 4) is 6.07 Å². The smallest absolute Gasteiger partial charge is 0.178 e. The van der Waals surface area contributed by atoms with E-state index in [0.717, 1.165) is 11.3 Å². The highest BCUT2D eigenvalue weighted by Crippen LogP contribution is 2.45. The number of hydrogen-bond acceptors (Lipinski definition) is 3. The first kappa shape index (κ1) is 10.0.